The van der Waals surface area contributed by atoms with Crippen LogP contribution < -0.4 is 0 Å². The van der Waals surface area contributed by atoms with Crippen LogP contribution in [0.1, 0.15) is 31.2 Å². The van der Waals surface area contributed by atoms with E-state index in [9.17, 15) is 22.7 Å². The number of aliphatic hydroxyl groups is 1. The van der Waals surface area contributed by atoms with Crippen molar-refractivity contribution in [2.24, 2.45) is 0 Å². The second-order valence-electron chi connectivity index (χ2n) is 4.65. The summed E-state index contributed by atoms with van der Waals surface area (Å²) in [7, 11) is 0. The van der Waals surface area contributed by atoms with Crippen molar-refractivity contribution in [3.05, 3.63) is 41.5 Å². The number of aliphatic hydroxyl groups excluding tert-OH is 1. The zero-order chi connectivity index (χ0) is 15.8. The number of hydrogen-bond donors (Lipinski definition) is 1. The third-order valence-corrected chi connectivity index (χ3v) is 3.12. The molecule has 0 amide bonds. The summed E-state index contributed by atoms with van der Waals surface area (Å²) in [5.41, 5.74) is -0.739. The van der Waals surface area contributed by atoms with Gasteiger partial charge in [-0.25, -0.2) is 9.37 Å². The maximum atomic E-state index is 14.1. The van der Waals surface area contributed by atoms with Crippen LogP contribution in [0.5, 0.6) is 0 Å². The largest absolute Gasteiger partial charge is 0.434 e. The topological polar surface area (TPSA) is 38.0 Å². The fourth-order valence-corrected chi connectivity index (χ4v) is 1.98. The van der Waals surface area contributed by atoms with Gasteiger partial charge in [0.1, 0.15) is 11.6 Å². The van der Waals surface area contributed by atoms with Crippen LogP contribution in [0.3, 0.4) is 0 Å². The molecule has 0 radical (unpaired) electrons. The quantitative estimate of drug-likeness (QED) is 0.876. The van der Waals surface area contributed by atoms with Crippen molar-refractivity contribution >= 4 is 0 Å². The SMILES string of the molecule is CCn1cc(C(F)(F)F)nc1-c1ccc(C(C)O)cc1F. The van der Waals surface area contributed by atoms with Crippen molar-refractivity contribution in [2.45, 2.75) is 32.7 Å². The van der Waals surface area contributed by atoms with E-state index in [0.29, 0.717) is 5.56 Å². The van der Waals surface area contributed by atoms with Gasteiger partial charge in [-0.05, 0) is 31.5 Å². The van der Waals surface area contributed by atoms with Crippen molar-refractivity contribution in [1.29, 1.82) is 0 Å². The summed E-state index contributed by atoms with van der Waals surface area (Å²) in [6.07, 6.45) is -4.58. The van der Waals surface area contributed by atoms with Crippen LogP contribution in [-0.4, -0.2) is 14.7 Å². The number of benzene rings is 1. The summed E-state index contributed by atoms with van der Waals surface area (Å²) in [4.78, 5) is 3.49. The minimum absolute atomic E-state index is 0.0308. The predicted octanol–water partition coefficient (Wildman–Crippen LogP) is 3.78. The normalized spacial score (nSPS) is 13.5. The Morgan fingerprint density at radius 3 is 2.48 bits per heavy atom. The van der Waals surface area contributed by atoms with Crippen molar-refractivity contribution < 1.29 is 22.7 Å². The number of aryl methyl sites for hydroxylation is 1. The van der Waals surface area contributed by atoms with Crippen LogP contribution in [0.2, 0.25) is 0 Å². The third kappa shape index (κ3) is 3.07. The molecule has 1 unspecified atom stereocenters. The molecule has 0 aliphatic carbocycles. The van der Waals surface area contributed by atoms with Gasteiger partial charge in [0.2, 0.25) is 0 Å². The average molecular weight is 302 g/mol. The molecule has 0 fully saturated rings. The van der Waals surface area contributed by atoms with Gasteiger partial charge >= 0.3 is 6.18 Å². The molecule has 0 bridgehead atoms. The van der Waals surface area contributed by atoms with E-state index in [4.69, 9.17) is 0 Å². The van der Waals surface area contributed by atoms with Gasteiger partial charge in [0.25, 0.3) is 0 Å². The molecular formula is C14H14F4N2O. The molecule has 0 aliphatic heterocycles. The van der Waals surface area contributed by atoms with E-state index in [-0.39, 0.29) is 17.9 Å². The third-order valence-electron chi connectivity index (χ3n) is 3.12. The summed E-state index contributed by atoms with van der Waals surface area (Å²) < 4.78 is 53.4. The molecule has 1 aromatic heterocycles. The number of imidazole rings is 1. The Morgan fingerprint density at radius 1 is 1.33 bits per heavy atom. The van der Waals surface area contributed by atoms with Crippen LogP contribution in [0, 0.1) is 5.82 Å². The molecule has 2 rings (SSSR count). The van der Waals surface area contributed by atoms with Gasteiger partial charge in [0.15, 0.2) is 5.69 Å². The smallest absolute Gasteiger partial charge is 0.389 e. The fourth-order valence-electron chi connectivity index (χ4n) is 1.98. The van der Waals surface area contributed by atoms with Crippen LogP contribution in [0.4, 0.5) is 17.6 Å². The first kappa shape index (κ1) is 15.5. The molecule has 7 heteroatoms. The molecule has 0 aliphatic rings. The van der Waals surface area contributed by atoms with Gasteiger partial charge in [0.05, 0.1) is 11.7 Å². The lowest BCUT2D eigenvalue weighted by Crippen LogP contribution is -2.05. The molecule has 0 saturated heterocycles. The molecule has 3 nitrogen and oxygen atoms in total. The van der Waals surface area contributed by atoms with Crippen LogP contribution in [0.25, 0.3) is 11.4 Å². The van der Waals surface area contributed by atoms with Gasteiger partial charge in [-0.2, -0.15) is 13.2 Å². The van der Waals surface area contributed by atoms with Crippen molar-refractivity contribution in [1.82, 2.24) is 9.55 Å². The van der Waals surface area contributed by atoms with E-state index < -0.39 is 23.8 Å². The molecular weight excluding hydrogens is 288 g/mol. The van der Waals surface area contributed by atoms with Gasteiger partial charge in [-0.3, -0.25) is 0 Å². The van der Waals surface area contributed by atoms with Crippen molar-refractivity contribution in [3.63, 3.8) is 0 Å². The first-order chi connectivity index (χ1) is 9.74. The molecule has 21 heavy (non-hydrogen) atoms. The average Bonchev–Trinajstić information content (AvgIpc) is 2.82. The highest BCUT2D eigenvalue weighted by molar-refractivity contribution is 5.58. The standard InChI is InChI=1S/C14H14F4N2O/c1-3-20-7-12(14(16,17)18)19-13(20)10-5-4-9(8(2)21)6-11(10)15/h4-8,21H,3H2,1-2H3. The van der Waals surface area contributed by atoms with Gasteiger partial charge < -0.3 is 9.67 Å². The number of halogens is 4. The van der Waals surface area contributed by atoms with E-state index >= 15 is 0 Å². The number of aromatic nitrogens is 2. The Bertz CT molecular complexity index is 647. The molecule has 1 N–H and O–H groups in total. The first-order valence-electron chi connectivity index (χ1n) is 6.36. The van der Waals surface area contributed by atoms with Gasteiger partial charge in [0, 0.05) is 12.7 Å². The predicted molar refractivity (Wildman–Crippen MR) is 68.9 cm³/mol. The molecule has 1 atom stereocenters. The molecule has 1 aromatic carbocycles. The second kappa shape index (κ2) is 5.48. The van der Waals surface area contributed by atoms with E-state index in [2.05, 4.69) is 4.98 Å². The minimum Gasteiger partial charge on any atom is -0.389 e. The maximum absolute atomic E-state index is 14.1. The Kier molecular flexibility index (Phi) is 4.04. The number of alkyl halides is 3. The van der Waals surface area contributed by atoms with Crippen LogP contribution in [-0.2, 0) is 12.7 Å². The van der Waals surface area contributed by atoms with E-state index in [1.807, 2.05) is 0 Å². The van der Waals surface area contributed by atoms with Gasteiger partial charge in [-0.15, -0.1) is 0 Å². The van der Waals surface area contributed by atoms with E-state index in [1.165, 1.54) is 23.6 Å². The van der Waals surface area contributed by atoms with Crippen molar-refractivity contribution in [2.75, 3.05) is 0 Å². The van der Waals surface area contributed by atoms with E-state index in [1.54, 1.807) is 6.92 Å². The van der Waals surface area contributed by atoms with E-state index in [0.717, 1.165) is 12.3 Å². The number of rotatable bonds is 3. The Hall–Kier alpha value is -1.89. The Balaban J connectivity index is 2.54. The van der Waals surface area contributed by atoms with Crippen LogP contribution >= 0.6 is 0 Å². The maximum Gasteiger partial charge on any atom is 0.434 e. The summed E-state index contributed by atoms with van der Waals surface area (Å²) in [6, 6.07) is 3.89. The molecule has 2 aromatic rings. The number of nitrogens with zero attached hydrogens (tertiary/aromatic N) is 2. The zero-order valence-electron chi connectivity index (χ0n) is 11.4. The second-order valence-corrected chi connectivity index (χ2v) is 4.65. The Labute approximate surface area is 118 Å². The molecule has 114 valence electrons. The highest BCUT2D eigenvalue weighted by Gasteiger charge is 2.35. The highest BCUT2D eigenvalue weighted by atomic mass is 19.4. The Morgan fingerprint density at radius 2 is 2.00 bits per heavy atom. The molecule has 0 spiro atoms. The first-order valence-corrected chi connectivity index (χ1v) is 6.36. The summed E-state index contributed by atoms with van der Waals surface area (Å²) in [5, 5.41) is 9.38. The lowest BCUT2D eigenvalue weighted by Gasteiger charge is -2.09. The summed E-state index contributed by atoms with van der Waals surface area (Å²) in [5.74, 6) is -0.804. The number of hydrogen-bond acceptors (Lipinski definition) is 2. The van der Waals surface area contributed by atoms with Gasteiger partial charge in [-0.1, -0.05) is 6.07 Å². The summed E-state index contributed by atoms with van der Waals surface area (Å²) in [6.45, 7) is 3.35. The summed E-state index contributed by atoms with van der Waals surface area (Å²) >= 11 is 0. The van der Waals surface area contributed by atoms with Crippen molar-refractivity contribution in [3.8, 4) is 11.4 Å². The lowest BCUT2D eigenvalue weighted by atomic mass is 10.1. The highest BCUT2D eigenvalue weighted by Crippen LogP contribution is 2.32. The monoisotopic (exact) mass is 302 g/mol. The molecule has 0 saturated carbocycles. The van der Waals surface area contributed by atoms with Crippen LogP contribution in [0.15, 0.2) is 24.4 Å². The fraction of sp³-hybridized carbons (Fsp3) is 0.357. The lowest BCUT2D eigenvalue weighted by molar-refractivity contribution is -0.140. The zero-order valence-corrected chi connectivity index (χ0v) is 11.4. The minimum atomic E-state index is -4.58. The molecule has 1 heterocycles.